The van der Waals surface area contributed by atoms with Crippen molar-refractivity contribution >= 4 is 27.4 Å². The minimum absolute atomic E-state index is 0.0116. The summed E-state index contributed by atoms with van der Waals surface area (Å²) >= 11 is 0. The topological polar surface area (TPSA) is 105 Å². The van der Waals surface area contributed by atoms with E-state index >= 15 is 0 Å². The van der Waals surface area contributed by atoms with Gasteiger partial charge in [0.1, 0.15) is 5.75 Å². The van der Waals surface area contributed by atoms with Crippen LogP contribution in [0.25, 0.3) is 0 Å². The fourth-order valence-electron chi connectivity index (χ4n) is 5.01. The molecule has 0 saturated carbocycles. The molecule has 1 heterocycles. The summed E-state index contributed by atoms with van der Waals surface area (Å²) in [4.78, 5) is 11.4. The second-order valence-electron chi connectivity index (χ2n) is 8.96. The van der Waals surface area contributed by atoms with Gasteiger partial charge < -0.3 is 15.2 Å². The van der Waals surface area contributed by atoms with Crippen molar-refractivity contribution in [2.24, 2.45) is 5.92 Å². The molecule has 0 amide bonds. The second-order valence-corrected chi connectivity index (χ2v) is 10.6. The fourth-order valence-corrected chi connectivity index (χ4v) is 6.10. The Labute approximate surface area is 204 Å². The minimum Gasteiger partial charge on any atom is -0.495 e. The SMILES string of the molecule is COc1ccc(C)cc1NS(=O)(=O)c1ccc2c(c1)C1C=CCC1C(c1ccc(C(=O)O)cc1)N2. The maximum absolute atomic E-state index is 13.3. The van der Waals surface area contributed by atoms with Crippen LogP contribution in [0.1, 0.15) is 45.4 Å². The number of ether oxygens (including phenoxy) is 1. The molecule has 1 aliphatic heterocycles. The number of carboxylic acids is 1. The maximum atomic E-state index is 13.3. The third-order valence-electron chi connectivity index (χ3n) is 6.76. The number of carboxylic acid groups (broad SMARTS) is 1. The summed E-state index contributed by atoms with van der Waals surface area (Å²) in [6.07, 6.45) is 5.11. The molecule has 0 saturated heterocycles. The van der Waals surface area contributed by atoms with Gasteiger partial charge in [-0.3, -0.25) is 4.72 Å². The number of rotatable bonds is 6. The lowest BCUT2D eigenvalue weighted by Crippen LogP contribution is -2.29. The lowest BCUT2D eigenvalue weighted by molar-refractivity contribution is 0.0697. The molecule has 0 spiro atoms. The number of benzene rings is 3. The van der Waals surface area contributed by atoms with E-state index in [-0.39, 0.29) is 28.3 Å². The molecule has 3 atom stereocenters. The molecule has 3 aromatic carbocycles. The van der Waals surface area contributed by atoms with E-state index in [1.165, 1.54) is 7.11 Å². The Morgan fingerprint density at radius 1 is 1.09 bits per heavy atom. The first-order valence-corrected chi connectivity index (χ1v) is 12.8. The molecular weight excluding hydrogens is 464 g/mol. The van der Waals surface area contributed by atoms with Gasteiger partial charge in [0.15, 0.2) is 0 Å². The highest BCUT2D eigenvalue weighted by Crippen LogP contribution is 2.50. The van der Waals surface area contributed by atoms with E-state index in [1.807, 2.05) is 25.1 Å². The van der Waals surface area contributed by atoms with Crippen molar-refractivity contribution in [3.63, 3.8) is 0 Å². The van der Waals surface area contributed by atoms with Gasteiger partial charge in [0.05, 0.1) is 29.3 Å². The summed E-state index contributed by atoms with van der Waals surface area (Å²) in [5.74, 6) is -0.251. The van der Waals surface area contributed by atoms with Crippen LogP contribution in [0, 0.1) is 12.8 Å². The molecule has 7 nitrogen and oxygen atoms in total. The molecule has 0 fully saturated rings. The molecule has 0 aromatic heterocycles. The van der Waals surface area contributed by atoms with Gasteiger partial charge in [-0.1, -0.05) is 30.4 Å². The largest absolute Gasteiger partial charge is 0.495 e. The molecule has 0 radical (unpaired) electrons. The van der Waals surface area contributed by atoms with Crippen molar-refractivity contribution in [2.45, 2.75) is 30.2 Å². The first-order chi connectivity index (χ1) is 16.8. The van der Waals surface area contributed by atoms with Crippen molar-refractivity contribution in [1.82, 2.24) is 0 Å². The average molecular weight is 491 g/mol. The van der Waals surface area contributed by atoms with E-state index < -0.39 is 16.0 Å². The van der Waals surface area contributed by atoms with E-state index in [4.69, 9.17) is 4.74 Å². The van der Waals surface area contributed by atoms with Gasteiger partial charge in [-0.2, -0.15) is 0 Å². The van der Waals surface area contributed by atoms with Crippen LogP contribution in [-0.2, 0) is 10.0 Å². The number of fused-ring (bicyclic) bond motifs is 3. The van der Waals surface area contributed by atoms with Gasteiger partial charge >= 0.3 is 5.97 Å². The third-order valence-corrected chi connectivity index (χ3v) is 8.12. The molecule has 1 aliphatic carbocycles. The highest BCUT2D eigenvalue weighted by molar-refractivity contribution is 7.92. The summed E-state index contributed by atoms with van der Waals surface area (Å²) in [6, 6.07) is 17.4. The average Bonchev–Trinajstić information content (AvgIpc) is 3.33. The van der Waals surface area contributed by atoms with Gasteiger partial charge in [-0.15, -0.1) is 0 Å². The van der Waals surface area contributed by atoms with Crippen LogP contribution in [0.5, 0.6) is 5.75 Å². The molecule has 3 N–H and O–H groups in total. The van der Waals surface area contributed by atoms with Crippen molar-refractivity contribution in [3.8, 4) is 5.75 Å². The van der Waals surface area contributed by atoms with Crippen LogP contribution in [-0.4, -0.2) is 26.6 Å². The Hall–Kier alpha value is -3.78. The first kappa shape index (κ1) is 23.0. The summed E-state index contributed by atoms with van der Waals surface area (Å²) in [7, 11) is -2.34. The zero-order valence-corrected chi connectivity index (χ0v) is 20.2. The van der Waals surface area contributed by atoms with Gasteiger partial charge in [0.25, 0.3) is 10.0 Å². The lowest BCUT2D eigenvalue weighted by atomic mass is 9.77. The van der Waals surface area contributed by atoms with Gasteiger partial charge in [-0.25, -0.2) is 13.2 Å². The van der Waals surface area contributed by atoms with Crippen molar-refractivity contribution in [1.29, 1.82) is 0 Å². The van der Waals surface area contributed by atoms with Crippen LogP contribution >= 0.6 is 0 Å². The van der Waals surface area contributed by atoms with E-state index in [1.54, 1.807) is 42.5 Å². The molecule has 5 rings (SSSR count). The molecule has 3 unspecified atom stereocenters. The summed E-state index contributed by atoms with van der Waals surface area (Å²) in [6.45, 7) is 1.89. The number of hydrogen-bond donors (Lipinski definition) is 3. The smallest absolute Gasteiger partial charge is 0.335 e. The number of nitrogens with one attached hydrogen (secondary N) is 2. The summed E-state index contributed by atoms with van der Waals surface area (Å²) < 4.78 is 34.6. The Balaban J connectivity index is 1.47. The highest BCUT2D eigenvalue weighted by Gasteiger charge is 2.38. The van der Waals surface area contributed by atoms with E-state index in [9.17, 15) is 18.3 Å². The van der Waals surface area contributed by atoms with Crippen molar-refractivity contribution in [2.75, 3.05) is 17.1 Å². The predicted octanol–water partition coefficient (Wildman–Crippen LogP) is 5.33. The van der Waals surface area contributed by atoms with E-state index in [0.717, 1.165) is 28.8 Å². The number of carbonyl (C=O) groups is 1. The Morgan fingerprint density at radius 3 is 2.57 bits per heavy atom. The van der Waals surface area contributed by atoms with Crippen LogP contribution in [0.4, 0.5) is 11.4 Å². The number of aromatic carboxylic acids is 1. The quantitative estimate of drug-likeness (QED) is 0.404. The molecule has 180 valence electrons. The standard InChI is InChI=1S/C27H26N2O5S/c1-16-6-13-25(34-2)24(14-16)29-35(32,33)19-11-12-23-22(15-19)20-4-3-5-21(20)26(28-23)17-7-9-18(10-8-17)27(30)31/h3-4,6-15,20-21,26,28-29H,5H2,1-2H3,(H,30,31). The van der Waals surface area contributed by atoms with E-state index in [2.05, 4.69) is 22.2 Å². The minimum atomic E-state index is -3.84. The Kier molecular flexibility index (Phi) is 5.76. The van der Waals surface area contributed by atoms with Crippen molar-refractivity contribution < 1.29 is 23.1 Å². The lowest BCUT2D eigenvalue weighted by Gasteiger charge is -2.37. The predicted molar refractivity (Wildman–Crippen MR) is 135 cm³/mol. The fraction of sp³-hybridized carbons (Fsp3) is 0.222. The number of anilines is 2. The summed E-state index contributed by atoms with van der Waals surface area (Å²) in [5.41, 5.74) is 4.37. The highest BCUT2D eigenvalue weighted by atomic mass is 32.2. The number of aryl methyl sites for hydroxylation is 1. The molecule has 8 heteroatoms. The van der Waals surface area contributed by atoms with E-state index in [0.29, 0.717) is 11.4 Å². The zero-order chi connectivity index (χ0) is 24.7. The van der Waals surface area contributed by atoms with Gasteiger partial charge in [-0.05, 0) is 78.4 Å². The van der Waals surface area contributed by atoms with Gasteiger partial charge in [0.2, 0.25) is 0 Å². The monoisotopic (exact) mass is 490 g/mol. The Bertz CT molecular complexity index is 1430. The van der Waals surface area contributed by atoms with Crippen LogP contribution in [0.15, 0.2) is 77.7 Å². The van der Waals surface area contributed by atoms with Gasteiger partial charge in [0, 0.05) is 11.6 Å². The first-order valence-electron chi connectivity index (χ1n) is 11.3. The van der Waals surface area contributed by atoms with Crippen molar-refractivity contribution in [3.05, 3.63) is 95.1 Å². The van der Waals surface area contributed by atoms with Crippen LogP contribution < -0.4 is 14.8 Å². The molecule has 35 heavy (non-hydrogen) atoms. The number of methoxy groups -OCH3 is 1. The van der Waals surface area contributed by atoms with Crippen LogP contribution in [0.3, 0.4) is 0 Å². The molecule has 0 bridgehead atoms. The molecule has 3 aromatic rings. The second kappa shape index (κ2) is 8.78. The zero-order valence-electron chi connectivity index (χ0n) is 19.4. The normalized spacial score (nSPS) is 20.5. The molecule has 2 aliphatic rings. The Morgan fingerprint density at radius 2 is 1.86 bits per heavy atom. The summed E-state index contributed by atoms with van der Waals surface area (Å²) in [5, 5.41) is 12.8. The maximum Gasteiger partial charge on any atom is 0.335 e. The van der Waals surface area contributed by atoms with Crippen LogP contribution in [0.2, 0.25) is 0 Å². The third kappa shape index (κ3) is 4.25. The molecular formula is C27H26N2O5S. The number of hydrogen-bond acceptors (Lipinski definition) is 5. The number of allylic oxidation sites excluding steroid dienone is 2. The number of sulfonamides is 1.